The van der Waals surface area contributed by atoms with E-state index in [1.54, 1.807) is 0 Å². The van der Waals surface area contributed by atoms with Crippen LogP contribution in [-0.4, -0.2) is 18.2 Å². The first kappa shape index (κ1) is 15.6. The summed E-state index contributed by atoms with van der Waals surface area (Å²) in [5.41, 5.74) is 0. The molecule has 2 atom stereocenters. The lowest BCUT2D eigenvalue weighted by Crippen LogP contribution is -2.33. The Morgan fingerprint density at radius 1 is 1.40 bits per heavy atom. The largest absolute Gasteiger partial charge is 0.343 e. The summed E-state index contributed by atoms with van der Waals surface area (Å²) in [5, 5.41) is 11.2. The number of nitriles is 1. The molecule has 0 aliphatic heterocycles. The standard InChI is InChI=1S/C15H17IN2OS/c16-12-4-6-13(7-5-12)20-10-11-2-1-3-14(11)15(19)18-9-8-17/h4-7,11,14H,1-3,9-10H2,(H,18,19)/t11-,14+/m0/s1. The van der Waals surface area contributed by atoms with Crippen LogP contribution in [0.25, 0.3) is 0 Å². The van der Waals surface area contributed by atoms with Crippen molar-refractivity contribution >= 4 is 40.3 Å². The molecule has 1 fully saturated rings. The minimum absolute atomic E-state index is 0.0530. The Bertz CT molecular complexity index is 498. The zero-order valence-corrected chi connectivity index (χ0v) is 14.1. The van der Waals surface area contributed by atoms with Crippen molar-refractivity contribution in [2.75, 3.05) is 12.3 Å². The molecular weight excluding hydrogens is 383 g/mol. The van der Waals surface area contributed by atoms with Crippen LogP contribution in [0.1, 0.15) is 19.3 Å². The van der Waals surface area contributed by atoms with Gasteiger partial charge in [-0.1, -0.05) is 6.42 Å². The maximum atomic E-state index is 12.0. The summed E-state index contributed by atoms with van der Waals surface area (Å²) < 4.78 is 1.24. The molecule has 1 saturated carbocycles. The Morgan fingerprint density at radius 3 is 2.85 bits per heavy atom. The number of hydrogen-bond donors (Lipinski definition) is 1. The number of carbonyl (C=O) groups excluding carboxylic acids is 1. The second kappa shape index (κ2) is 7.89. The number of benzene rings is 1. The van der Waals surface area contributed by atoms with E-state index in [9.17, 15) is 4.79 Å². The van der Waals surface area contributed by atoms with Crippen LogP contribution in [0.4, 0.5) is 0 Å². The van der Waals surface area contributed by atoms with Crippen molar-refractivity contribution in [3.05, 3.63) is 27.8 Å². The van der Waals surface area contributed by atoms with Crippen molar-refractivity contribution in [1.82, 2.24) is 5.32 Å². The van der Waals surface area contributed by atoms with E-state index < -0.39 is 0 Å². The Kier molecular flexibility index (Phi) is 6.17. The molecule has 1 aromatic rings. The molecule has 1 amide bonds. The molecule has 5 heteroatoms. The van der Waals surface area contributed by atoms with Gasteiger partial charge in [-0.15, -0.1) is 11.8 Å². The summed E-state index contributed by atoms with van der Waals surface area (Å²) in [7, 11) is 0. The summed E-state index contributed by atoms with van der Waals surface area (Å²) >= 11 is 4.12. The second-order valence-corrected chi connectivity index (χ2v) is 7.28. The van der Waals surface area contributed by atoms with Gasteiger partial charge >= 0.3 is 0 Å². The van der Waals surface area contributed by atoms with Gasteiger partial charge < -0.3 is 5.32 Å². The Hall–Kier alpha value is -0.740. The molecule has 2 rings (SSSR count). The van der Waals surface area contributed by atoms with Gasteiger partial charge in [-0.25, -0.2) is 0 Å². The molecule has 0 aromatic heterocycles. The minimum atomic E-state index is 0.0530. The molecule has 1 aliphatic carbocycles. The van der Waals surface area contributed by atoms with Crippen molar-refractivity contribution in [2.45, 2.75) is 24.2 Å². The topological polar surface area (TPSA) is 52.9 Å². The average molecular weight is 400 g/mol. The van der Waals surface area contributed by atoms with Crippen LogP contribution in [0.3, 0.4) is 0 Å². The van der Waals surface area contributed by atoms with Gasteiger partial charge in [0.2, 0.25) is 5.91 Å². The molecule has 1 N–H and O–H groups in total. The van der Waals surface area contributed by atoms with Crippen LogP contribution < -0.4 is 5.32 Å². The predicted octanol–water partition coefficient (Wildman–Crippen LogP) is 3.44. The van der Waals surface area contributed by atoms with Crippen LogP contribution in [0.2, 0.25) is 0 Å². The number of carbonyl (C=O) groups is 1. The van der Waals surface area contributed by atoms with Crippen LogP contribution in [-0.2, 0) is 4.79 Å². The highest BCUT2D eigenvalue weighted by Gasteiger charge is 2.32. The lowest BCUT2D eigenvalue weighted by Gasteiger charge is -2.18. The van der Waals surface area contributed by atoms with Crippen molar-refractivity contribution < 1.29 is 4.79 Å². The first-order chi connectivity index (χ1) is 9.70. The van der Waals surface area contributed by atoms with Crippen LogP contribution >= 0.6 is 34.4 Å². The molecule has 0 saturated heterocycles. The zero-order valence-electron chi connectivity index (χ0n) is 11.1. The van der Waals surface area contributed by atoms with Gasteiger partial charge in [-0.05, 0) is 65.6 Å². The van der Waals surface area contributed by atoms with Gasteiger partial charge in [-0.3, -0.25) is 4.79 Å². The highest BCUT2D eigenvalue weighted by molar-refractivity contribution is 14.1. The van der Waals surface area contributed by atoms with Crippen LogP contribution in [0.5, 0.6) is 0 Å². The van der Waals surface area contributed by atoms with E-state index in [4.69, 9.17) is 5.26 Å². The maximum absolute atomic E-state index is 12.0. The van der Waals surface area contributed by atoms with E-state index in [0.717, 1.165) is 25.0 Å². The molecule has 0 bridgehead atoms. The molecule has 1 aromatic carbocycles. The fraction of sp³-hybridized carbons (Fsp3) is 0.467. The molecule has 106 valence electrons. The quantitative estimate of drug-likeness (QED) is 0.468. The van der Waals surface area contributed by atoms with Crippen molar-refractivity contribution in [3.8, 4) is 6.07 Å². The summed E-state index contributed by atoms with van der Waals surface area (Å²) in [6.45, 7) is 0.117. The van der Waals surface area contributed by atoms with Gasteiger partial charge in [0.05, 0.1) is 6.07 Å². The van der Waals surface area contributed by atoms with E-state index in [1.165, 1.54) is 8.47 Å². The van der Waals surface area contributed by atoms with Crippen molar-refractivity contribution in [3.63, 3.8) is 0 Å². The lowest BCUT2D eigenvalue weighted by molar-refractivity contribution is -0.125. The SMILES string of the molecule is N#CCNC(=O)[C@@H]1CCC[C@H]1CSc1ccc(I)cc1. The van der Waals surface area contributed by atoms with Crippen molar-refractivity contribution in [1.29, 1.82) is 5.26 Å². The summed E-state index contributed by atoms with van der Waals surface area (Å²) in [5.74, 6) is 1.54. The maximum Gasteiger partial charge on any atom is 0.224 e. The Labute approximate surface area is 137 Å². The monoisotopic (exact) mass is 400 g/mol. The van der Waals surface area contributed by atoms with E-state index in [-0.39, 0.29) is 18.4 Å². The van der Waals surface area contributed by atoms with Crippen LogP contribution in [0, 0.1) is 26.7 Å². The second-order valence-electron chi connectivity index (χ2n) is 4.94. The fourth-order valence-corrected chi connectivity index (χ4v) is 4.07. The number of amides is 1. The van der Waals surface area contributed by atoms with Crippen LogP contribution in [0.15, 0.2) is 29.2 Å². The fourth-order valence-electron chi connectivity index (χ4n) is 2.57. The van der Waals surface area contributed by atoms with E-state index >= 15 is 0 Å². The highest BCUT2D eigenvalue weighted by atomic mass is 127. The van der Waals surface area contributed by atoms with E-state index in [1.807, 2.05) is 17.8 Å². The number of nitrogens with one attached hydrogen (secondary N) is 1. The molecule has 3 nitrogen and oxygen atoms in total. The molecule has 0 radical (unpaired) electrons. The summed E-state index contributed by atoms with van der Waals surface area (Å²) in [6, 6.07) is 10.4. The third-order valence-electron chi connectivity index (χ3n) is 3.62. The van der Waals surface area contributed by atoms with E-state index in [0.29, 0.717) is 5.92 Å². The van der Waals surface area contributed by atoms with Gasteiger partial charge in [-0.2, -0.15) is 5.26 Å². The molecular formula is C15H17IN2OS. The number of thioether (sulfide) groups is 1. The third-order valence-corrected chi connectivity index (χ3v) is 5.53. The molecule has 20 heavy (non-hydrogen) atoms. The normalized spacial score (nSPS) is 21.4. The van der Waals surface area contributed by atoms with Gasteiger partial charge in [0, 0.05) is 20.1 Å². The smallest absolute Gasteiger partial charge is 0.224 e. The van der Waals surface area contributed by atoms with Gasteiger partial charge in [0.15, 0.2) is 0 Å². The summed E-state index contributed by atoms with van der Waals surface area (Å²) in [6.07, 6.45) is 3.18. The number of rotatable bonds is 5. The molecule has 0 spiro atoms. The lowest BCUT2D eigenvalue weighted by atomic mass is 9.97. The van der Waals surface area contributed by atoms with Crippen molar-refractivity contribution in [2.24, 2.45) is 11.8 Å². The van der Waals surface area contributed by atoms with Gasteiger partial charge in [0.25, 0.3) is 0 Å². The first-order valence-electron chi connectivity index (χ1n) is 6.73. The third kappa shape index (κ3) is 4.38. The number of hydrogen-bond acceptors (Lipinski definition) is 3. The molecule has 0 heterocycles. The summed E-state index contributed by atoms with van der Waals surface area (Å²) in [4.78, 5) is 13.3. The Balaban J connectivity index is 1.86. The first-order valence-corrected chi connectivity index (χ1v) is 8.80. The molecule has 1 aliphatic rings. The molecule has 0 unspecified atom stereocenters. The van der Waals surface area contributed by atoms with Gasteiger partial charge in [0.1, 0.15) is 6.54 Å². The zero-order chi connectivity index (χ0) is 14.4. The highest BCUT2D eigenvalue weighted by Crippen LogP contribution is 2.36. The number of halogens is 1. The number of nitrogens with zero attached hydrogens (tertiary/aromatic N) is 1. The Morgan fingerprint density at radius 2 is 2.15 bits per heavy atom. The predicted molar refractivity (Wildman–Crippen MR) is 89.3 cm³/mol. The average Bonchev–Trinajstić information content (AvgIpc) is 2.92. The van der Waals surface area contributed by atoms with E-state index in [2.05, 4.69) is 52.2 Å². The minimum Gasteiger partial charge on any atom is -0.343 e.